The molecule has 0 radical (unpaired) electrons. The molecule has 1 heterocycles. The number of aliphatic hydroxyl groups is 1. The lowest BCUT2D eigenvalue weighted by molar-refractivity contribution is 0.0585. The van der Waals surface area contributed by atoms with Crippen LogP contribution in [0.4, 0.5) is 4.39 Å². The van der Waals surface area contributed by atoms with Gasteiger partial charge in [-0.05, 0) is 25.0 Å². The molecule has 1 saturated carbocycles. The lowest BCUT2D eigenvalue weighted by Crippen LogP contribution is -2.43. The van der Waals surface area contributed by atoms with E-state index in [2.05, 4.69) is 4.98 Å². The Morgan fingerprint density at radius 3 is 2.68 bits per heavy atom. The van der Waals surface area contributed by atoms with E-state index in [4.69, 9.17) is 5.11 Å². The van der Waals surface area contributed by atoms with Crippen molar-refractivity contribution in [3.8, 4) is 0 Å². The topological polar surface area (TPSA) is 53.4 Å². The summed E-state index contributed by atoms with van der Waals surface area (Å²) in [6.45, 7) is 0.262. The number of hydrogen-bond acceptors (Lipinski definition) is 3. The first-order valence-corrected chi connectivity index (χ1v) is 6.76. The van der Waals surface area contributed by atoms with E-state index in [0.717, 1.165) is 25.7 Å². The molecule has 2 rings (SSSR count). The lowest BCUT2D eigenvalue weighted by atomic mass is 9.94. The van der Waals surface area contributed by atoms with Crippen LogP contribution in [0.1, 0.15) is 42.5 Å². The predicted molar refractivity (Wildman–Crippen MR) is 69.2 cm³/mol. The zero-order chi connectivity index (χ0) is 13.7. The van der Waals surface area contributed by atoms with Crippen molar-refractivity contribution in [3.05, 3.63) is 29.8 Å². The van der Waals surface area contributed by atoms with Crippen molar-refractivity contribution in [1.29, 1.82) is 0 Å². The molecule has 0 aromatic carbocycles. The van der Waals surface area contributed by atoms with Crippen molar-refractivity contribution in [1.82, 2.24) is 9.88 Å². The number of carbonyl (C=O) groups excluding carboxylic acids is 1. The summed E-state index contributed by atoms with van der Waals surface area (Å²) in [4.78, 5) is 17.6. The fourth-order valence-electron chi connectivity index (χ4n) is 2.62. The highest BCUT2D eigenvalue weighted by Gasteiger charge is 2.25. The average molecular weight is 266 g/mol. The minimum atomic E-state index is -0.595. The number of carbonyl (C=O) groups is 1. The van der Waals surface area contributed by atoms with Crippen LogP contribution in [0.2, 0.25) is 0 Å². The molecule has 1 aromatic rings. The van der Waals surface area contributed by atoms with Crippen molar-refractivity contribution in [3.63, 3.8) is 0 Å². The molecule has 1 amide bonds. The predicted octanol–water partition coefficient (Wildman–Crippen LogP) is 1.99. The number of rotatable bonds is 4. The number of aromatic nitrogens is 1. The third kappa shape index (κ3) is 3.50. The summed E-state index contributed by atoms with van der Waals surface area (Å²) in [5, 5.41) is 9.14. The summed E-state index contributed by atoms with van der Waals surface area (Å²) in [5.41, 5.74) is 0.375. The molecule has 0 bridgehead atoms. The van der Waals surface area contributed by atoms with Gasteiger partial charge >= 0.3 is 0 Å². The lowest BCUT2D eigenvalue weighted by Gasteiger charge is -2.34. The maximum absolute atomic E-state index is 12.8. The summed E-state index contributed by atoms with van der Waals surface area (Å²) in [6.07, 6.45) is 6.63. The van der Waals surface area contributed by atoms with E-state index >= 15 is 0 Å². The van der Waals surface area contributed by atoms with Gasteiger partial charge in [-0.2, -0.15) is 4.39 Å². The van der Waals surface area contributed by atoms with Crippen LogP contribution in [-0.2, 0) is 0 Å². The molecule has 4 nitrogen and oxygen atoms in total. The van der Waals surface area contributed by atoms with Gasteiger partial charge in [0.05, 0.1) is 12.2 Å². The number of aliphatic hydroxyl groups excluding tert-OH is 1. The molecule has 1 fully saturated rings. The zero-order valence-corrected chi connectivity index (χ0v) is 10.9. The molecule has 19 heavy (non-hydrogen) atoms. The Hall–Kier alpha value is -1.49. The van der Waals surface area contributed by atoms with Gasteiger partial charge in [-0.15, -0.1) is 0 Å². The Balaban J connectivity index is 2.13. The van der Waals surface area contributed by atoms with Crippen molar-refractivity contribution < 1.29 is 14.3 Å². The zero-order valence-electron chi connectivity index (χ0n) is 10.9. The van der Waals surface area contributed by atoms with Gasteiger partial charge in [-0.1, -0.05) is 19.3 Å². The van der Waals surface area contributed by atoms with E-state index in [1.807, 2.05) is 0 Å². The van der Waals surface area contributed by atoms with E-state index in [9.17, 15) is 9.18 Å². The first kappa shape index (κ1) is 13.9. The largest absolute Gasteiger partial charge is 0.395 e. The normalized spacial score (nSPS) is 16.3. The van der Waals surface area contributed by atoms with Crippen LogP contribution in [0.5, 0.6) is 0 Å². The van der Waals surface area contributed by atoms with E-state index in [-0.39, 0.29) is 18.6 Å². The second kappa shape index (κ2) is 6.61. The van der Waals surface area contributed by atoms with Crippen molar-refractivity contribution in [2.45, 2.75) is 38.1 Å². The summed E-state index contributed by atoms with van der Waals surface area (Å²) in [5.74, 6) is -0.767. The van der Waals surface area contributed by atoms with Crippen LogP contribution in [-0.4, -0.2) is 40.1 Å². The molecule has 5 heteroatoms. The van der Waals surface area contributed by atoms with Gasteiger partial charge in [0.1, 0.15) is 0 Å². The minimum absolute atomic E-state index is 0.0587. The molecule has 104 valence electrons. The molecule has 0 aliphatic heterocycles. The Kier molecular flexibility index (Phi) is 4.85. The molecule has 1 aromatic heterocycles. The summed E-state index contributed by atoms with van der Waals surface area (Å²) >= 11 is 0. The van der Waals surface area contributed by atoms with Gasteiger partial charge in [-0.3, -0.25) is 4.79 Å². The number of halogens is 1. The quantitative estimate of drug-likeness (QED) is 0.848. The van der Waals surface area contributed by atoms with Crippen LogP contribution in [0.25, 0.3) is 0 Å². The Bertz CT molecular complexity index is 416. The summed E-state index contributed by atoms with van der Waals surface area (Å²) in [6, 6.07) is 2.81. The van der Waals surface area contributed by atoms with Crippen molar-refractivity contribution in [2.24, 2.45) is 0 Å². The van der Waals surface area contributed by atoms with Crippen molar-refractivity contribution >= 4 is 5.91 Å². The first-order chi connectivity index (χ1) is 9.22. The van der Waals surface area contributed by atoms with Gasteiger partial charge in [0, 0.05) is 18.8 Å². The maximum atomic E-state index is 12.8. The standard InChI is InChI=1S/C14H19FN2O2/c15-13-7-6-11(10-16-13)14(19)17(8-9-18)12-4-2-1-3-5-12/h6-7,10,12,18H,1-5,8-9H2. The monoisotopic (exact) mass is 266 g/mol. The highest BCUT2D eigenvalue weighted by atomic mass is 19.1. The maximum Gasteiger partial charge on any atom is 0.255 e. The molecular weight excluding hydrogens is 247 g/mol. The van der Waals surface area contributed by atoms with Crippen LogP contribution < -0.4 is 0 Å². The summed E-state index contributed by atoms with van der Waals surface area (Å²) in [7, 11) is 0. The van der Waals surface area contributed by atoms with Crippen LogP contribution >= 0.6 is 0 Å². The van der Waals surface area contributed by atoms with Crippen LogP contribution in [0, 0.1) is 5.95 Å². The van der Waals surface area contributed by atoms with Gasteiger partial charge in [0.25, 0.3) is 5.91 Å². The molecule has 1 aliphatic carbocycles. The van der Waals surface area contributed by atoms with Gasteiger partial charge in [0.15, 0.2) is 0 Å². The SMILES string of the molecule is O=C(c1ccc(F)nc1)N(CCO)C1CCCCC1. The highest BCUT2D eigenvalue weighted by molar-refractivity contribution is 5.94. The van der Waals surface area contributed by atoms with Crippen LogP contribution in [0.15, 0.2) is 18.3 Å². The highest BCUT2D eigenvalue weighted by Crippen LogP contribution is 2.23. The second-order valence-corrected chi connectivity index (χ2v) is 4.88. The minimum Gasteiger partial charge on any atom is -0.395 e. The molecule has 1 aliphatic rings. The number of hydrogen-bond donors (Lipinski definition) is 1. The third-order valence-corrected chi connectivity index (χ3v) is 3.59. The molecular formula is C14H19FN2O2. The fraction of sp³-hybridized carbons (Fsp3) is 0.571. The molecule has 1 N–H and O–H groups in total. The number of amides is 1. The fourth-order valence-corrected chi connectivity index (χ4v) is 2.62. The third-order valence-electron chi connectivity index (χ3n) is 3.59. The average Bonchev–Trinajstić information content (AvgIpc) is 2.46. The van der Waals surface area contributed by atoms with E-state index in [0.29, 0.717) is 12.1 Å². The van der Waals surface area contributed by atoms with Gasteiger partial charge in [0.2, 0.25) is 5.95 Å². The smallest absolute Gasteiger partial charge is 0.255 e. The van der Waals surface area contributed by atoms with Gasteiger partial charge in [-0.25, -0.2) is 4.98 Å². The Morgan fingerprint density at radius 1 is 1.37 bits per heavy atom. The van der Waals surface area contributed by atoms with E-state index in [1.165, 1.54) is 24.8 Å². The molecule has 0 unspecified atom stereocenters. The molecule has 0 spiro atoms. The molecule has 0 atom stereocenters. The van der Waals surface area contributed by atoms with Crippen molar-refractivity contribution in [2.75, 3.05) is 13.2 Å². The Labute approximate surface area is 112 Å². The van der Waals surface area contributed by atoms with E-state index < -0.39 is 5.95 Å². The van der Waals surface area contributed by atoms with Crippen LogP contribution in [0.3, 0.4) is 0 Å². The molecule has 0 saturated heterocycles. The van der Waals surface area contributed by atoms with Gasteiger partial charge < -0.3 is 10.0 Å². The summed E-state index contributed by atoms with van der Waals surface area (Å²) < 4.78 is 12.8. The second-order valence-electron chi connectivity index (χ2n) is 4.88. The number of pyridine rings is 1. The Morgan fingerprint density at radius 2 is 2.11 bits per heavy atom. The number of nitrogens with zero attached hydrogens (tertiary/aromatic N) is 2. The first-order valence-electron chi connectivity index (χ1n) is 6.76. The van der Waals surface area contributed by atoms with E-state index in [1.54, 1.807) is 4.90 Å².